The molecule has 0 N–H and O–H groups in total. The lowest BCUT2D eigenvalue weighted by atomic mass is 9.84. The van der Waals surface area contributed by atoms with Crippen molar-refractivity contribution in [1.29, 1.82) is 0 Å². The first-order valence-electron chi connectivity index (χ1n) is 12.0. The molecule has 2 aromatic carbocycles. The molecule has 1 unspecified atom stereocenters. The number of imidazole rings is 1. The van der Waals surface area contributed by atoms with E-state index in [0.717, 1.165) is 51.1 Å². The third-order valence-electron chi connectivity index (χ3n) is 7.26. The second-order valence-corrected chi connectivity index (χ2v) is 9.80. The molecular weight excluding hydrogens is 448 g/mol. The molecule has 3 aromatic rings. The summed E-state index contributed by atoms with van der Waals surface area (Å²) in [4.78, 5) is 21.9. The summed E-state index contributed by atoms with van der Waals surface area (Å²) in [5.74, 6) is 0.0499. The minimum Gasteiger partial charge on any atom is -0.365 e. The van der Waals surface area contributed by atoms with Gasteiger partial charge in [0.05, 0.1) is 18.5 Å². The number of likely N-dealkylation sites (N-methyl/N-ethyl adjacent to an activating group) is 1. The van der Waals surface area contributed by atoms with Crippen molar-refractivity contribution >= 4 is 17.5 Å². The van der Waals surface area contributed by atoms with Crippen molar-refractivity contribution in [3.8, 4) is 0 Å². The highest BCUT2D eigenvalue weighted by Gasteiger charge is 2.42. The van der Waals surface area contributed by atoms with Crippen LogP contribution in [0, 0.1) is 0 Å². The number of aromatic nitrogens is 2. The molecule has 1 atom stereocenters. The maximum atomic E-state index is 13.4. The van der Waals surface area contributed by atoms with E-state index in [-0.39, 0.29) is 11.5 Å². The zero-order chi connectivity index (χ0) is 23.5. The highest BCUT2D eigenvalue weighted by atomic mass is 35.5. The van der Waals surface area contributed by atoms with Gasteiger partial charge in [-0.2, -0.15) is 0 Å². The Morgan fingerprint density at radius 1 is 1.18 bits per heavy atom. The molecule has 178 valence electrons. The van der Waals surface area contributed by atoms with Gasteiger partial charge in [-0.1, -0.05) is 48.0 Å². The maximum Gasteiger partial charge on any atom is 0.250 e. The van der Waals surface area contributed by atoms with E-state index >= 15 is 0 Å². The van der Waals surface area contributed by atoms with Crippen LogP contribution in [-0.4, -0.2) is 58.5 Å². The topological polar surface area (TPSA) is 50.6 Å². The van der Waals surface area contributed by atoms with Gasteiger partial charge in [0.2, 0.25) is 5.91 Å². The molecule has 2 aliphatic heterocycles. The number of benzene rings is 2. The molecule has 0 radical (unpaired) electrons. The first kappa shape index (κ1) is 23.1. The van der Waals surface area contributed by atoms with E-state index < -0.39 is 6.04 Å². The number of piperidine rings is 1. The number of rotatable bonds is 7. The summed E-state index contributed by atoms with van der Waals surface area (Å²) in [5.41, 5.74) is 3.52. The lowest BCUT2D eigenvalue weighted by Gasteiger charge is -2.39. The van der Waals surface area contributed by atoms with Crippen LogP contribution in [0.3, 0.4) is 0 Å². The number of halogens is 1. The predicted molar refractivity (Wildman–Crippen MR) is 133 cm³/mol. The number of fused-ring (bicyclic) bond motifs is 2. The van der Waals surface area contributed by atoms with Crippen LogP contribution in [0.25, 0.3) is 0 Å². The van der Waals surface area contributed by atoms with Gasteiger partial charge in [0.15, 0.2) is 0 Å². The average Bonchev–Trinajstić information content (AvgIpc) is 3.51. The normalized spacial score (nSPS) is 18.1. The molecule has 3 heterocycles. The third kappa shape index (κ3) is 4.63. The fourth-order valence-electron chi connectivity index (χ4n) is 5.30. The van der Waals surface area contributed by atoms with E-state index in [1.165, 1.54) is 11.1 Å². The highest BCUT2D eigenvalue weighted by molar-refractivity contribution is 6.30. The molecule has 0 saturated carbocycles. The van der Waals surface area contributed by atoms with E-state index in [0.29, 0.717) is 11.6 Å². The number of likely N-dealkylation sites (tertiary alicyclic amines) is 1. The van der Waals surface area contributed by atoms with Gasteiger partial charge in [-0.05, 0) is 54.6 Å². The molecule has 1 spiro atoms. The summed E-state index contributed by atoms with van der Waals surface area (Å²) in [6, 6.07) is 15.7. The van der Waals surface area contributed by atoms with Crippen LogP contribution in [0.1, 0.15) is 42.0 Å². The lowest BCUT2D eigenvalue weighted by molar-refractivity contribution is -0.132. The third-order valence-corrected chi connectivity index (χ3v) is 7.51. The Morgan fingerprint density at radius 3 is 2.68 bits per heavy atom. The molecule has 34 heavy (non-hydrogen) atoms. The Balaban J connectivity index is 1.15. The zero-order valence-corrected chi connectivity index (χ0v) is 20.3. The van der Waals surface area contributed by atoms with Gasteiger partial charge in [0.25, 0.3) is 0 Å². The van der Waals surface area contributed by atoms with Crippen LogP contribution in [0.4, 0.5) is 0 Å². The van der Waals surface area contributed by atoms with Gasteiger partial charge >= 0.3 is 0 Å². The summed E-state index contributed by atoms with van der Waals surface area (Å²) >= 11 is 6.06. The van der Waals surface area contributed by atoms with Crippen LogP contribution < -0.4 is 0 Å². The first-order chi connectivity index (χ1) is 16.6. The summed E-state index contributed by atoms with van der Waals surface area (Å²) in [5, 5.41) is 0.656. The molecule has 1 saturated heterocycles. The largest absolute Gasteiger partial charge is 0.365 e. The number of ether oxygens (including phenoxy) is 1. The summed E-state index contributed by atoms with van der Waals surface area (Å²) in [7, 11) is 1.89. The number of hydrogen-bond donors (Lipinski definition) is 0. The molecular formula is C27H31ClN4O2. The predicted octanol–water partition coefficient (Wildman–Crippen LogP) is 4.50. The van der Waals surface area contributed by atoms with Gasteiger partial charge in [-0.25, -0.2) is 4.98 Å². The number of carbonyl (C=O) groups excluding carboxylic acids is 1. The van der Waals surface area contributed by atoms with Crippen molar-refractivity contribution in [3.63, 3.8) is 0 Å². The molecule has 5 rings (SSSR count). The van der Waals surface area contributed by atoms with Gasteiger partial charge < -0.3 is 19.1 Å². The molecule has 7 heteroatoms. The summed E-state index contributed by atoms with van der Waals surface area (Å²) < 4.78 is 8.14. The molecule has 1 aromatic heterocycles. The molecule has 2 aliphatic rings. The fourth-order valence-corrected chi connectivity index (χ4v) is 5.42. The van der Waals surface area contributed by atoms with Crippen molar-refractivity contribution in [3.05, 3.63) is 89.0 Å². The quantitative estimate of drug-likeness (QED) is 0.502. The average molecular weight is 479 g/mol. The summed E-state index contributed by atoms with van der Waals surface area (Å²) in [6.45, 7) is 4.46. The van der Waals surface area contributed by atoms with Crippen LogP contribution in [0.15, 0.2) is 67.3 Å². The summed E-state index contributed by atoms with van der Waals surface area (Å²) in [6.07, 6.45) is 8.21. The van der Waals surface area contributed by atoms with E-state index in [2.05, 4.69) is 34.1 Å². The van der Waals surface area contributed by atoms with Crippen molar-refractivity contribution in [2.45, 2.75) is 37.5 Å². The SMILES string of the molecule is CN(CCCN1CCC2(CC1)OCc1ccccc12)C(=O)C(c1ccc(Cl)cc1)n1ccnc1. The van der Waals surface area contributed by atoms with Gasteiger partial charge in [0.1, 0.15) is 6.04 Å². The van der Waals surface area contributed by atoms with E-state index in [9.17, 15) is 4.79 Å². The highest BCUT2D eigenvalue weighted by Crippen LogP contribution is 2.43. The maximum absolute atomic E-state index is 13.4. The number of amides is 1. The number of nitrogens with zero attached hydrogens (tertiary/aromatic N) is 4. The molecule has 1 amide bonds. The monoisotopic (exact) mass is 478 g/mol. The Hall–Kier alpha value is -2.67. The van der Waals surface area contributed by atoms with Gasteiger partial charge in [-0.15, -0.1) is 0 Å². The van der Waals surface area contributed by atoms with Crippen molar-refractivity contribution < 1.29 is 9.53 Å². The van der Waals surface area contributed by atoms with Crippen molar-refractivity contribution in [2.75, 3.05) is 33.2 Å². The Kier molecular flexibility index (Phi) is 6.73. The minimum atomic E-state index is -0.445. The molecule has 6 nitrogen and oxygen atoms in total. The van der Waals surface area contributed by atoms with E-state index in [4.69, 9.17) is 16.3 Å². The van der Waals surface area contributed by atoms with Gasteiger partial charge in [-0.3, -0.25) is 4.79 Å². The minimum absolute atomic E-state index is 0.0499. The smallest absolute Gasteiger partial charge is 0.250 e. The van der Waals surface area contributed by atoms with Crippen LogP contribution >= 0.6 is 11.6 Å². The Bertz CT molecular complexity index is 1110. The van der Waals surface area contributed by atoms with E-state index in [1.54, 1.807) is 12.5 Å². The number of hydrogen-bond acceptors (Lipinski definition) is 4. The second-order valence-electron chi connectivity index (χ2n) is 9.36. The van der Waals surface area contributed by atoms with Crippen LogP contribution in [-0.2, 0) is 21.7 Å². The molecule has 0 aliphatic carbocycles. The Labute approximate surface area is 206 Å². The lowest BCUT2D eigenvalue weighted by Crippen LogP contribution is -2.43. The molecule has 1 fully saturated rings. The van der Waals surface area contributed by atoms with Gasteiger partial charge in [0, 0.05) is 44.1 Å². The zero-order valence-electron chi connectivity index (χ0n) is 19.6. The Morgan fingerprint density at radius 2 is 1.94 bits per heavy atom. The second kappa shape index (κ2) is 9.90. The standard InChI is InChI=1S/C27H31ClN4O2/c1-30(26(33)25(32-18-13-29-20-32)21-7-9-23(28)10-8-21)14-4-15-31-16-11-27(12-17-31)24-6-3-2-5-22(24)19-34-27/h2-3,5-10,13,18,20,25H,4,11-12,14-17,19H2,1H3. The van der Waals surface area contributed by atoms with Crippen molar-refractivity contribution in [1.82, 2.24) is 19.4 Å². The fraction of sp³-hybridized carbons (Fsp3) is 0.407. The number of carbonyl (C=O) groups is 1. The van der Waals surface area contributed by atoms with Crippen LogP contribution in [0.2, 0.25) is 5.02 Å². The van der Waals surface area contributed by atoms with E-state index in [1.807, 2.05) is 47.0 Å². The van der Waals surface area contributed by atoms with Crippen LogP contribution in [0.5, 0.6) is 0 Å². The molecule has 0 bridgehead atoms. The van der Waals surface area contributed by atoms with Crippen molar-refractivity contribution in [2.24, 2.45) is 0 Å². The first-order valence-corrected chi connectivity index (χ1v) is 12.4.